The maximum Gasteiger partial charge on any atom is 0.274 e. The molecule has 132 valence electrons. The maximum atomic E-state index is 12.5. The molecule has 0 atom stereocenters. The van der Waals surface area contributed by atoms with Gasteiger partial charge in [0.25, 0.3) is 11.6 Å². The number of nitrogens with two attached hydrogens (primary N) is 1. The van der Waals surface area contributed by atoms with Gasteiger partial charge in [0.2, 0.25) is 0 Å². The summed E-state index contributed by atoms with van der Waals surface area (Å²) in [5, 5.41) is 15.2. The smallest absolute Gasteiger partial charge is 0.274 e. The minimum atomic E-state index is -0.583. The zero-order valence-electron chi connectivity index (χ0n) is 13.1. The second-order valence-electron chi connectivity index (χ2n) is 5.79. The molecule has 2 heterocycles. The number of benzene rings is 1. The molecule has 10 heteroatoms. The first kappa shape index (κ1) is 17.7. The number of hydrogen-bond acceptors (Lipinski definition) is 5. The van der Waals surface area contributed by atoms with E-state index >= 15 is 0 Å². The number of nitrogens with zero attached hydrogens (tertiary/aromatic N) is 4. The molecule has 1 aromatic carbocycles. The third kappa shape index (κ3) is 3.60. The summed E-state index contributed by atoms with van der Waals surface area (Å²) in [5.41, 5.74) is 6.17. The molecule has 2 aromatic rings. The van der Waals surface area contributed by atoms with E-state index in [9.17, 15) is 14.9 Å². The van der Waals surface area contributed by atoms with Crippen LogP contribution in [0.3, 0.4) is 0 Å². The van der Waals surface area contributed by atoms with E-state index in [1.807, 2.05) is 0 Å². The molecule has 1 saturated heterocycles. The number of piperidine rings is 1. The molecule has 0 spiro atoms. The number of rotatable bonds is 3. The van der Waals surface area contributed by atoms with E-state index in [1.54, 1.807) is 17.2 Å². The first-order valence-electron chi connectivity index (χ1n) is 7.61. The molecule has 1 amide bonds. The summed E-state index contributed by atoms with van der Waals surface area (Å²) in [7, 11) is 0. The molecule has 1 aliphatic rings. The van der Waals surface area contributed by atoms with Crippen molar-refractivity contribution in [3.05, 3.63) is 50.2 Å². The Hall–Kier alpha value is -2.16. The summed E-state index contributed by atoms with van der Waals surface area (Å²) in [4.78, 5) is 24.5. The van der Waals surface area contributed by atoms with E-state index in [1.165, 1.54) is 16.8 Å². The van der Waals surface area contributed by atoms with E-state index in [4.69, 9.17) is 28.9 Å². The molecule has 8 nitrogen and oxygen atoms in total. The van der Waals surface area contributed by atoms with Crippen molar-refractivity contribution in [3.8, 4) is 5.69 Å². The van der Waals surface area contributed by atoms with Crippen molar-refractivity contribution in [3.63, 3.8) is 0 Å². The van der Waals surface area contributed by atoms with Crippen molar-refractivity contribution in [2.45, 2.75) is 18.9 Å². The molecule has 3 rings (SSSR count). The lowest BCUT2D eigenvalue weighted by molar-refractivity contribution is -0.384. The van der Waals surface area contributed by atoms with Crippen LogP contribution in [0.4, 0.5) is 5.69 Å². The van der Waals surface area contributed by atoms with Crippen LogP contribution in [0.2, 0.25) is 10.0 Å². The SMILES string of the molecule is NC1CCN(C(=O)c2ccn(-c3c(Cl)cc([N+](=O)[O-])cc3Cl)n2)CC1. The standard InChI is InChI=1S/C15H15Cl2N5O3/c16-11-7-10(22(24)25)8-12(17)14(11)21-6-3-13(19-21)15(23)20-4-1-9(18)2-5-20/h3,6-9H,1-2,4-5,18H2. The minimum Gasteiger partial charge on any atom is -0.337 e. The summed E-state index contributed by atoms with van der Waals surface area (Å²) in [5.74, 6) is -0.195. The molecule has 2 N–H and O–H groups in total. The zero-order chi connectivity index (χ0) is 18.1. The second kappa shape index (κ2) is 6.99. The summed E-state index contributed by atoms with van der Waals surface area (Å²) >= 11 is 12.2. The average Bonchev–Trinajstić information content (AvgIpc) is 3.03. The number of hydrogen-bond donors (Lipinski definition) is 1. The number of carbonyl (C=O) groups excluding carboxylic acids is 1. The van der Waals surface area contributed by atoms with Gasteiger partial charge >= 0.3 is 0 Å². The van der Waals surface area contributed by atoms with Gasteiger partial charge in [0, 0.05) is 37.5 Å². The van der Waals surface area contributed by atoms with E-state index in [0.29, 0.717) is 13.1 Å². The maximum absolute atomic E-state index is 12.5. The molecule has 0 unspecified atom stereocenters. The van der Waals surface area contributed by atoms with E-state index < -0.39 is 4.92 Å². The number of aromatic nitrogens is 2. The summed E-state index contributed by atoms with van der Waals surface area (Å²) in [6.45, 7) is 1.18. The molecule has 0 saturated carbocycles. The number of nitro groups is 1. The second-order valence-corrected chi connectivity index (χ2v) is 6.60. The van der Waals surface area contributed by atoms with Crippen LogP contribution >= 0.6 is 23.2 Å². The van der Waals surface area contributed by atoms with E-state index in [2.05, 4.69) is 5.10 Å². The van der Waals surface area contributed by atoms with Gasteiger partial charge in [-0.05, 0) is 18.9 Å². The number of likely N-dealkylation sites (tertiary alicyclic amines) is 1. The lowest BCUT2D eigenvalue weighted by Crippen LogP contribution is -2.43. The fourth-order valence-corrected chi connectivity index (χ4v) is 3.35. The van der Waals surface area contributed by atoms with Crippen molar-refractivity contribution >= 4 is 34.8 Å². The van der Waals surface area contributed by atoms with Gasteiger partial charge < -0.3 is 10.6 Å². The zero-order valence-corrected chi connectivity index (χ0v) is 14.6. The van der Waals surface area contributed by atoms with Crippen molar-refractivity contribution in [2.75, 3.05) is 13.1 Å². The Labute approximate surface area is 153 Å². The van der Waals surface area contributed by atoms with Crippen molar-refractivity contribution < 1.29 is 9.72 Å². The topological polar surface area (TPSA) is 107 Å². The number of nitro benzene ring substituents is 1. The number of non-ortho nitro benzene ring substituents is 1. The molecule has 1 aromatic heterocycles. The molecule has 0 radical (unpaired) electrons. The predicted molar refractivity (Wildman–Crippen MR) is 93.4 cm³/mol. The Balaban J connectivity index is 1.87. The van der Waals surface area contributed by atoms with Crippen LogP contribution in [0.15, 0.2) is 24.4 Å². The molecule has 1 fully saturated rings. The van der Waals surface area contributed by atoms with Crippen molar-refractivity contribution in [1.82, 2.24) is 14.7 Å². The van der Waals surface area contributed by atoms with Gasteiger partial charge in [-0.2, -0.15) is 5.10 Å². The highest BCUT2D eigenvalue weighted by molar-refractivity contribution is 6.38. The Morgan fingerprint density at radius 2 is 1.88 bits per heavy atom. The summed E-state index contributed by atoms with van der Waals surface area (Å²) in [6, 6.07) is 4.07. The average molecular weight is 384 g/mol. The van der Waals surface area contributed by atoms with Crippen molar-refractivity contribution in [1.29, 1.82) is 0 Å². The number of carbonyl (C=O) groups is 1. The van der Waals surface area contributed by atoms with E-state index in [-0.39, 0.29) is 39.1 Å². The van der Waals surface area contributed by atoms with Crippen LogP contribution in [0.5, 0.6) is 0 Å². The molecule has 0 bridgehead atoms. The Bertz CT molecular complexity index is 807. The Morgan fingerprint density at radius 3 is 2.44 bits per heavy atom. The number of halogens is 2. The van der Waals surface area contributed by atoms with Gasteiger partial charge in [-0.1, -0.05) is 23.2 Å². The van der Waals surface area contributed by atoms with Crippen LogP contribution in [0.1, 0.15) is 23.3 Å². The van der Waals surface area contributed by atoms with Crippen LogP contribution in [-0.2, 0) is 0 Å². The fraction of sp³-hybridized carbons (Fsp3) is 0.333. The van der Waals surface area contributed by atoms with Gasteiger partial charge in [0.15, 0.2) is 5.69 Å². The molecular formula is C15H15Cl2N5O3. The highest BCUT2D eigenvalue weighted by Crippen LogP contribution is 2.33. The molecule has 1 aliphatic heterocycles. The summed E-state index contributed by atoms with van der Waals surface area (Å²) in [6.07, 6.45) is 3.06. The van der Waals surface area contributed by atoms with Crippen LogP contribution in [0.25, 0.3) is 5.69 Å². The lowest BCUT2D eigenvalue weighted by atomic mass is 10.1. The first-order valence-corrected chi connectivity index (χ1v) is 8.36. The van der Waals surface area contributed by atoms with Crippen molar-refractivity contribution in [2.24, 2.45) is 5.73 Å². The molecule has 25 heavy (non-hydrogen) atoms. The van der Waals surface area contributed by atoms with Crippen LogP contribution < -0.4 is 5.73 Å². The van der Waals surface area contributed by atoms with E-state index in [0.717, 1.165) is 12.8 Å². The minimum absolute atomic E-state index is 0.0743. The quantitative estimate of drug-likeness (QED) is 0.647. The first-order chi connectivity index (χ1) is 11.9. The van der Waals surface area contributed by atoms with Crippen LogP contribution in [-0.4, -0.2) is 44.6 Å². The molecule has 0 aliphatic carbocycles. The van der Waals surface area contributed by atoms with Gasteiger partial charge in [0.05, 0.1) is 15.0 Å². The van der Waals surface area contributed by atoms with Gasteiger partial charge in [0.1, 0.15) is 5.69 Å². The number of amides is 1. The Morgan fingerprint density at radius 1 is 1.28 bits per heavy atom. The monoisotopic (exact) mass is 383 g/mol. The summed E-state index contributed by atoms with van der Waals surface area (Å²) < 4.78 is 1.34. The highest BCUT2D eigenvalue weighted by atomic mass is 35.5. The van der Waals surface area contributed by atoms with Gasteiger partial charge in [-0.25, -0.2) is 4.68 Å². The fourth-order valence-electron chi connectivity index (χ4n) is 2.70. The lowest BCUT2D eigenvalue weighted by Gasteiger charge is -2.29. The Kier molecular flexibility index (Phi) is 4.94. The third-order valence-corrected chi connectivity index (χ3v) is 4.65. The predicted octanol–water partition coefficient (Wildman–Crippen LogP) is 2.65. The van der Waals surface area contributed by atoms with Crippen LogP contribution in [0, 0.1) is 10.1 Å². The third-order valence-electron chi connectivity index (χ3n) is 4.08. The van der Waals surface area contributed by atoms with Gasteiger partial charge in [-0.3, -0.25) is 14.9 Å². The normalized spacial score (nSPS) is 15.4. The largest absolute Gasteiger partial charge is 0.337 e. The van der Waals surface area contributed by atoms with Gasteiger partial charge in [-0.15, -0.1) is 0 Å². The molecular weight excluding hydrogens is 369 g/mol. The highest BCUT2D eigenvalue weighted by Gasteiger charge is 2.24.